The van der Waals surface area contributed by atoms with Gasteiger partial charge in [0.2, 0.25) is 0 Å². The molecule has 5 nitrogen and oxygen atoms in total. The van der Waals surface area contributed by atoms with Crippen molar-refractivity contribution < 1.29 is 4.42 Å². The molecule has 0 aliphatic heterocycles. The van der Waals surface area contributed by atoms with Gasteiger partial charge in [-0.05, 0) is 13.1 Å². The second kappa shape index (κ2) is 3.63. The number of hydrogen-bond acceptors (Lipinski definition) is 4. The Morgan fingerprint density at radius 1 is 1.57 bits per heavy atom. The van der Waals surface area contributed by atoms with Gasteiger partial charge in [-0.15, -0.1) is 0 Å². The summed E-state index contributed by atoms with van der Waals surface area (Å²) in [5.41, 5.74) is 1.93. The summed E-state index contributed by atoms with van der Waals surface area (Å²) < 4.78 is 5.03. The van der Waals surface area contributed by atoms with E-state index in [4.69, 9.17) is 4.42 Å². The lowest BCUT2D eigenvalue weighted by molar-refractivity contribution is 0.554. The summed E-state index contributed by atoms with van der Waals surface area (Å²) in [4.78, 5) is 1.54. The van der Waals surface area contributed by atoms with Crippen molar-refractivity contribution in [3.8, 4) is 0 Å². The van der Waals surface area contributed by atoms with E-state index in [1.54, 1.807) is 30.6 Å². The second-order valence-corrected chi connectivity index (χ2v) is 3.04. The molecule has 0 fully saturated rings. The molecule has 0 aromatic carbocycles. The first-order chi connectivity index (χ1) is 6.81. The van der Waals surface area contributed by atoms with Gasteiger partial charge in [-0.25, -0.2) is 0 Å². The molecule has 74 valence electrons. The number of nitrogens with one attached hydrogen (secondary N) is 1. The topological polar surface area (TPSA) is 55.9 Å². The maximum Gasteiger partial charge on any atom is 0.104 e. The van der Waals surface area contributed by atoms with E-state index in [1.165, 1.54) is 0 Å². The number of furan rings is 1. The van der Waals surface area contributed by atoms with Gasteiger partial charge in [0.15, 0.2) is 0 Å². The molecule has 2 rings (SSSR count). The van der Waals surface area contributed by atoms with Crippen LogP contribution in [0, 0.1) is 0 Å². The van der Waals surface area contributed by atoms with Gasteiger partial charge < -0.3 is 9.73 Å². The van der Waals surface area contributed by atoms with Crippen LogP contribution in [-0.4, -0.2) is 22.0 Å². The number of nitrogens with zero attached hydrogens (tertiary/aromatic N) is 3. The third-order valence-electron chi connectivity index (χ3n) is 2.08. The molecule has 2 aromatic heterocycles. The van der Waals surface area contributed by atoms with Gasteiger partial charge in [0.05, 0.1) is 24.8 Å². The summed E-state index contributed by atoms with van der Waals surface area (Å²) in [6.45, 7) is 0. The van der Waals surface area contributed by atoms with Crippen molar-refractivity contribution in [2.24, 2.45) is 7.05 Å². The molecule has 0 saturated heterocycles. The third kappa shape index (κ3) is 1.54. The molecular formula is C9H12N4O. The van der Waals surface area contributed by atoms with Crippen molar-refractivity contribution in [3.05, 3.63) is 36.0 Å². The number of aromatic nitrogens is 3. The number of rotatable bonds is 3. The molecule has 1 unspecified atom stereocenters. The number of hydrogen-bond donors (Lipinski definition) is 1. The number of aryl methyl sites for hydroxylation is 1. The predicted molar refractivity (Wildman–Crippen MR) is 50.6 cm³/mol. The van der Waals surface area contributed by atoms with E-state index in [0.29, 0.717) is 0 Å². The first-order valence-corrected chi connectivity index (χ1v) is 4.37. The average molecular weight is 192 g/mol. The summed E-state index contributed by atoms with van der Waals surface area (Å²) in [6, 6.07) is 1.96. The highest BCUT2D eigenvalue weighted by Gasteiger charge is 2.15. The summed E-state index contributed by atoms with van der Waals surface area (Å²) in [5, 5.41) is 11.4. The molecule has 1 N–H and O–H groups in total. The van der Waals surface area contributed by atoms with Crippen molar-refractivity contribution in [1.29, 1.82) is 0 Å². The molecule has 5 heteroatoms. The van der Waals surface area contributed by atoms with Gasteiger partial charge in [-0.2, -0.15) is 15.0 Å². The van der Waals surface area contributed by atoms with Gasteiger partial charge in [0.25, 0.3) is 0 Å². The van der Waals surface area contributed by atoms with Crippen molar-refractivity contribution in [2.75, 3.05) is 7.05 Å². The minimum atomic E-state index is 0.0439. The van der Waals surface area contributed by atoms with Crippen LogP contribution in [0.4, 0.5) is 0 Å². The Bertz CT molecular complexity index is 393. The Morgan fingerprint density at radius 2 is 2.43 bits per heavy atom. The van der Waals surface area contributed by atoms with Gasteiger partial charge in [-0.1, -0.05) is 0 Å². The minimum Gasteiger partial charge on any atom is -0.472 e. The van der Waals surface area contributed by atoms with Crippen LogP contribution in [0.3, 0.4) is 0 Å². The minimum absolute atomic E-state index is 0.0439. The van der Waals surface area contributed by atoms with Crippen LogP contribution in [0.2, 0.25) is 0 Å². The monoisotopic (exact) mass is 192 g/mol. The fraction of sp³-hybridized carbons (Fsp3) is 0.333. The van der Waals surface area contributed by atoms with Gasteiger partial charge >= 0.3 is 0 Å². The van der Waals surface area contributed by atoms with Crippen LogP contribution in [-0.2, 0) is 7.05 Å². The Morgan fingerprint density at radius 3 is 2.93 bits per heavy atom. The van der Waals surface area contributed by atoms with E-state index in [-0.39, 0.29) is 6.04 Å². The lowest BCUT2D eigenvalue weighted by atomic mass is 10.1. The van der Waals surface area contributed by atoms with E-state index >= 15 is 0 Å². The highest BCUT2D eigenvalue weighted by atomic mass is 16.3. The first kappa shape index (κ1) is 8.96. The highest BCUT2D eigenvalue weighted by molar-refractivity contribution is 5.21. The van der Waals surface area contributed by atoms with Crippen LogP contribution in [0.5, 0.6) is 0 Å². The van der Waals surface area contributed by atoms with Crippen LogP contribution in [0.25, 0.3) is 0 Å². The maximum atomic E-state index is 5.03. The largest absolute Gasteiger partial charge is 0.472 e. The van der Waals surface area contributed by atoms with Crippen molar-refractivity contribution in [2.45, 2.75) is 6.04 Å². The van der Waals surface area contributed by atoms with Crippen LogP contribution in [0.1, 0.15) is 17.3 Å². The Labute approximate surface area is 81.7 Å². The lowest BCUT2D eigenvalue weighted by Crippen LogP contribution is -2.17. The summed E-state index contributed by atoms with van der Waals surface area (Å²) in [6.07, 6.45) is 5.10. The highest BCUT2D eigenvalue weighted by Crippen LogP contribution is 2.19. The zero-order valence-corrected chi connectivity index (χ0v) is 8.14. The Kier molecular flexibility index (Phi) is 2.32. The molecule has 1 atom stereocenters. The Hall–Kier alpha value is -1.62. The van der Waals surface area contributed by atoms with E-state index < -0.39 is 0 Å². The van der Waals surface area contributed by atoms with Crippen LogP contribution >= 0.6 is 0 Å². The van der Waals surface area contributed by atoms with Crippen molar-refractivity contribution in [1.82, 2.24) is 20.3 Å². The van der Waals surface area contributed by atoms with E-state index in [9.17, 15) is 0 Å². The average Bonchev–Trinajstić information content (AvgIpc) is 2.79. The molecule has 0 aliphatic carbocycles. The molecule has 0 aliphatic rings. The van der Waals surface area contributed by atoms with Gasteiger partial charge in [-0.3, -0.25) is 0 Å². The molecular weight excluding hydrogens is 180 g/mol. The lowest BCUT2D eigenvalue weighted by Gasteiger charge is -2.09. The van der Waals surface area contributed by atoms with Crippen LogP contribution in [0.15, 0.2) is 29.2 Å². The standard InChI is InChI=1S/C9H12N4O/c1-10-9(7-3-4-14-6-7)8-5-11-13(2)12-8/h3-6,9-10H,1-2H3. The SMILES string of the molecule is CNC(c1ccoc1)c1cnn(C)n1. The smallest absolute Gasteiger partial charge is 0.104 e. The molecule has 14 heavy (non-hydrogen) atoms. The normalized spacial score (nSPS) is 13.0. The Balaban J connectivity index is 2.31. The molecule has 0 radical (unpaired) electrons. The first-order valence-electron chi connectivity index (χ1n) is 4.37. The summed E-state index contributed by atoms with van der Waals surface area (Å²) in [5.74, 6) is 0. The van der Waals surface area contributed by atoms with E-state index in [1.807, 2.05) is 13.1 Å². The second-order valence-electron chi connectivity index (χ2n) is 3.04. The van der Waals surface area contributed by atoms with Crippen molar-refractivity contribution >= 4 is 0 Å². The van der Waals surface area contributed by atoms with E-state index in [2.05, 4.69) is 15.5 Å². The predicted octanol–water partition coefficient (Wildman–Crippen LogP) is 0.717. The molecule has 0 bridgehead atoms. The summed E-state index contributed by atoms with van der Waals surface area (Å²) in [7, 11) is 3.68. The quantitative estimate of drug-likeness (QED) is 0.778. The maximum absolute atomic E-state index is 5.03. The molecule has 0 spiro atoms. The molecule has 2 heterocycles. The van der Waals surface area contributed by atoms with Gasteiger partial charge in [0.1, 0.15) is 5.69 Å². The summed E-state index contributed by atoms with van der Waals surface area (Å²) >= 11 is 0. The third-order valence-corrected chi connectivity index (χ3v) is 2.08. The molecule has 0 amide bonds. The molecule has 0 saturated carbocycles. The zero-order chi connectivity index (χ0) is 9.97. The zero-order valence-electron chi connectivity index (χ0n) is 8.14. The fourth-order valence-corrected chi connectivity index (χ4v) is 1.42. The van der Waals surface area contributed by atoms with Crippen molar-refractivity contribution in [3.63, 3.8) is 0 Å². The van der Waals surface area contributed by atoms with Gasteiger partial charge in [0, 0.05) is 12.6 Å². The van der Waals surface area contributed by atoms with Crippen LogP contribution < -0.4 is 5.32 Å². The van der Waals surface area contributed by atoms with E-state index in [0.717, 1.165) is 11.3 Å². The fourth-order valence-electron chi connectivity index (χ4n) is 1.42. The molecule has 2 aromatic rings.